The molecule has 0 aliphatic carbocycles. The third kappa shape index (κ3) is 4.63. The molecular formula is C24H25N3O3S2. The molecule has 0 unspecified atom stereocenters. The normalized spacial score (nSPS) is 14.8. The van der Waals surface area contributed by atoms with Crippen LogP contribution in [0.15, 0.2) is 41.8 Å². The summed E-state index contributed by atoms with van der Waals surface area (Å²) in [6.45, 7) is 6.79. The number of hydrogen-bond acceptors (Lipinski definition) is 7. The highest BCUT2D eigenvalue weighted by Gasteiger charge is 2.15. The maximum Gasteiger partial charge on any atom is 0.258 e. The molecule has 1 aliphatic heterocycles. The van der Waals surface area contributed by atoms with Gasteiger partial charge in [-0.15, -0.1) is 22.7 Å². The highest BCUT2D eigenvalue weighted by Crippen LogP contribution is 2.38. The molecule has 4 aromatic rings. The van der Waals surface area contributed by atoms with E-state index in [1.54, 1.807) is 22.7 Å². The maximum atomic E-state index is 12.6. The zero-order valence-electron chi connectivity index (χ0n) is 17.9. The third-order valence-electron chi connectivity index (χ3n) is 5.62. The number of thiazole rings is 1. The lowest BCUT2D eigenvalue weighted by molar-refractivity contribution is -0.123. The number of hydrogen-bond donors (Lipinski definition) is 1. The lowest BCUT2D eigenvalue weighted by Crippen LogP contribution is -2.36. The predicted molar refractivity (Wildman–Crippen MR) is 130 cm³/mol. The Kier molecular flexibility index (Phi) is 6.36. The Hall–Kier alpha value is -2.52. The highest BCUT2D eigenvalue weighted by molar-refractivity contribution is 7.21. The molecular weight excluding hydrogens is 442 g/mol. The Morgan fingerprint density at radius 1 is 1.22 bits per heavy atom. The van der Waals surface area contributed by atoms with E-state index >= 15 is 0 Å². The second-order valence-corrected chi connectivity index (χ2v) is 9.99. The van der Waals surface area contributed by atoms with Gasteiger partial charge >= 0.3 is 0 Å². The zero-order chi connectivity index (χ0) is 21.9. The minimum Gasteiger partial charge on any atom is -0.483 e. The smallest absolute Gasteiger partial charge is 0.258 e. The number of carbonyl (C=O) groups excluding carboxylic acids is 1. The van der Waals surface area contributed by atoms with Crippen LogP contribution >= 0.6 is 22.7 Å². The van der Waals surface area contributed by atoms with Gasteiger partial charge in [0.15, 0.2) is 6.61 Å². The van der Waals surface area contributed by atoms with Crippen molar-refractivity contribution < 1.29 is 14.3 Å². The van der Waals surface area contributed by atoms with Crippen LogP contribution < -0.4 is 10.1 Å². The van der Waals surface area contributed by atoms with E-state index in [0.29, 0.717) is 6.54 Å². The van der Waals surface area contributed by atoms with Crippen LogP contribution in [0, 0.1) is 6.92 Å². The van der Waals surface area contributed by atoms with Gasteiger partial charge in [0.2, 0.25) is 0 Å². The van der Waals surface area contributed by atoms with E-state index in [0.717, 1.165) is 69.5 Å². The maximum absolute atomic E-state index is 12.6. The average molecular weight is 468 g/mol. The van der Waals surface area contributed by atoms with Crippen LogP contribution in [0.3, 0.4) is 0 Å². The first-order valence-electron chi connectivity index (χ1n) is 10.7. The van der Waals surface area contributed by atoms with Gasteiger partial charge in [-0.25, -0.2) is 4.98 Å². The van der Waals surface area contributed by atoms with Crippen molar-refractivity contribution in [3.05, 3.63) is 57.9 Å². The second kappa shape index (κ2) is 9.54. The minimum atomic E-state index is -0.130. The molecule has 8 heteroatoms. The number of thiophene rings is 1. The Morgan fingerprint density at radius 2 is 2.03 bits per heavy atom. The van der Waals surface area contributed by atoms with Gasteiger partial charge in [-0.1, -0.05) is 24.3 Å². The summed E-state index contributed by atoms with van der Waals surface area (Å²) in [6.07, 6.45) is 0. The second-order valence-electron chi connectivity index (χ2n) is 7.84. The van der Waals surface area contributed by atoms with Crippen molar-refractivity contribution in [2.45, 2.75) is 20.0 Å². The molecule has 0 radical (unpaired) electrons. The van der Waals surface area contributed by atoms with Crippen LogP contribution in [0.4, 0.5) is 0 Å². The number of benzene rings is 2. The van der Waals surface area contributed by atoms with E-state index in [1.807, 2.05) is 36.6 Å². The molecule has 0 spiro atoms. The monoisotopic (exact) mass is 467 g/mol. The fraction of sp³-hybridized carbons (Fsp3) is 0.333. The minimum absolute atomic E-state index is 0.0140. The topological polar surface area (TPSA) is 63.7 Å². The van der Waals surface area contributed by atoms with E-state index in [9.17, 15) is 4.79 Å². The molecule has 0 saturated carbocycles. The number of fused-ring (bicyclic) bond motifs is 3. The lowest BCUT2D eigenvalue weighted by atomic mass is 10.1. The summed E-state index contributed by atoms with van der Waals surface area (Å²) in [4.78, 5) is 19.6. The van der Waals surface area contributed by atoms with Crippen molar-refractivity contribution in [2.75, 3.05) is 32.9 Å². The van der Waals surface area contributed by atoms with Crippen molar-refractivity contribution >= 4 is 48.9 Å². The van der Waals surface area contributed by atoms with Crippen molar-refractivity contribution in [3.63, 3.8) is 0 Å². The number of nitrogens with zero attached hydrogens (tertiary/aromatic N) is 2. The van der Waals surface area contributed by atoms with Crippen molar-refractivity contribution in [1.29, 1.82) is 0 Å². The molecule has 3 heterocycles. The van der Waals surface area contributed by atoms with E-state index in [-0.39, 0.29) is 12.5 Å². The van der Waals surface area contributed by atoms with Gasteiger partial charge in [0, 0.05) is 37.6 Å². The summed E-state index contributed by atoms with van der Waals surface area (Å²) in [5, 5.41) is 7.09. The SMILES string of the molecule is Cc1nc2c(cc(OCC(=O)NCc3ccccc3CN3CCOCC3)c3ccsc32)s1. The molecule has 166 valence electrons. The van der Waals surface area contributed by atoms with Crippen LogP contribution in [-0.4, -0.2) is 48.7 Å². The van der Waals surface area contributed by atoms with Crippen molar-refractivity contribution in [2.24, 2.45) is 0 Å². The molecule has 2 aromatic heterocycles. The first kappa shape index (κ1) is 21.3. The van der Waals surface area contributed by atoms with Crippen LogP contribution in [0.5, 0.6) is 5.75 Å². The van der Waals surface area contributed by atoms with E-state index < -0.39 is 0 Å². The van der Waals surface area contributed by atoms with Crippen LogP contribution in [0.25, 0.3) is 20.3 Å². The number of rotatable bonds is 7. The predicted octanol–water partition coefficient (Wildman–Crippen LogP) is 4.35. The van der Waals surface area contributed by atoms with E-state index in [4.69, 9.17) is 9.47 Å². The molecule has 1 amide bonds. The summed E-state index contributed by atoms with van der Waals surface area (Å²) in [6, 6.07) is 12.3. The third-order valence-corrected chi connectivity index (χ3v) is 7.46. The number of ether oxygens (including phenoxy) is 2. The fourth-order valence-corrected chi connectivity index (χ4v) is 5.81. The largest absolute Gasteiger partial charge is 0.483 e. The number of nitrogens with one attached hydrogen (secondary N) is 1. The van der Waals surface area contributed by atoms with Gasteiger partial charge in [-0.3, -0.25) is 9.69 Å². The zero-order valence-corrected chi connectivity index (χ0v) is 19.6. The molecule has 5 rings (SSSR count). The number of aryl methyl sites for hydroxylation is 1. The Balaban J connectivity index is 1.22. The van der Waals surface area contributed by atoms with Crippen LogP contribution in [0.2, 0.25) is 0 Å². The van der Waals surface area contributed by atoms with E-state index in [2.05, 4.69) is 27.3 Å². The molecule has 1 N–H and O–H groups in total. The van der Waals surface area contributed by atoms with Crippen molar-refractivity contribution in [3.8, 4) is 5.75 Å². The number of aromatic nitrogens is 1. The summed E-state index contributed by atoms with van der Waals surface area (Å²) < 4.78 is 13.6. The molecule has 1 saturated heterocycles. The quantitative estimate of drug-likeness (QED) is 0.438. The first-order chi connectivity index (χ1) is 15.7. The van der Waals surface area contributed by atoms with Crippen LogP contribution in [-0.2, 0) is 22.6 Å². The van der Waals surface area contributed by atoms with Gasteiger partial charge in [-0.05, 0) is 29.5 Å². The summed E-state index contributed by atoms with van der Waals surface area (Å²) in [5.41, 5.74) is 3.39. The molecule has 0 bridgehead atoms. The molecule has 32 heavy (non-hydrogen) atoms. The first-order valence-corrected chi connectivity index (χ1v) is 12.4. The number of carbonyl (C=O) groups is 1. The number of amides is 1. The highest BCUT2D eigenvalue weighted by atomic mass is 32.1. The average Bonchev–Trinajstić information content (AvgIpc) is 3.43. The molecule has 6 nitrogen and oxygen atoms in total. The Bertz CT molecular complexity index is 1240. The van der Waals surface area contributed by atoms with Gasteiger partial charge in [0.1, 0.15) is 5.75 Å². The molecule has 2 aromatic carbocycles. The van der Waals surface area contributed by atoms with E-state index in [1.165, 1.54) is 5.56 Å². The van der Waals surface area contributed by atoms with Gasteiger partial charge in [-0.2, -0.15) is 0 Å². The Labute approximate surface area is 194 Å². The van der Waals surface area contributed by atoms with Crippen molar-refractivity contribution in [1.82, 2.24) is 15.2 Å². The summed E-state index contributed by atoms with van der Waals surface area (Å²) in [7, 11) is 0. The van der Waals surface area contributed by atoms with Gasteiger partial charge < -0.3 is 14.8 Å². The molecule has 0 atom stereocenters. The molecule has 1 fully saturated rings. The standard InChI is InChI=1S/C24H25N3O3S2/c1-16-26-23-21(32-16)12-20(19-6-11-31-24(19)23)30-15-22(28)25-13-17-4-2-3-5-18(17)14-27-7-9-29-10-8-27/h2-6,11-12H,7-10,13-15H2,1H3,(H,25,28). The number of morpholine rings is 1. The summed E-state index contributed by atoms with van der Waals surface area (Å²) >= 11 is 3.30. The Morgan fingerprint density at radius 3 is 2.88 bits per heavy atom. The summed E-state index contributed by atoms with van der Waals surface area (Å²) in [5.74, 6) is 0.607. The van der Waals surface area contributed by atoms with Gasteiger partial charge in [0.05, 0.1) is 33.1 Å². The van der Waals surface area contributed by atoms with Gasteiger partial charge in [0.25, 0.3) is 5.91 Å². The molecule has 1 aliphatic rings. The van der Waals surface area contributed by atoms with Crippen LogP contribution in [0.1, 0.15) is 16.1 Å². The fourth-order valence-electron chi connectivity index (χ4n) is 3.98. The lowest BCUT2D eigenvalue weighted by Gasteiger charge is -2.27.